The molecule has 116 valence electrons. The Balaban J connectivity index is 2.24. The number of carbonyl (C=O) groups is 1. The maximum atomic E-state index is 12.9. The highest BCUT2D eigenvalue weighted by Crippen LogP contribution is 2.29. The minimum atomic E-state index is -0.511. The molecule has 4 nitrogen and oxygen atoms in total. The Labute approximate surface area is 135 Å². The van der Waals surface area contributed by atoms with Crippen molar-refractivity contribution in [3.8, 4) is 0 Å². The number of ketones is 1. The number of hydrogen-bond acceptors (Lipinski definition) is 4. The van der Waals surface area contributed by atoms with E-state index in [-0.39, 0.29) is 5.78 Å². The maximum absolute atomic E-state index is 12.9. The van der Waals surface area contributed by atoms with Gasteiger partial charge in [-0.25, -0.2) is 0 Å². The third-order valence-electron chi connectivity index (χ3n) is 4.05. The van der Waals surface area contributed by atoms with Crippen molar-refractivity contribution < 1.29 is 9.53 Å². The van der Waals surface area contributed by atoms with Gasteiger partial charge in [-0.15, -0.1) is 0 Å². The van der Waals surface area contributed by atoms with Crippen LogP contribution in [0.4, 0.5) is 5.69 Å². The summed E-state index contributed by atoms with van der Waals surface area (Å²) in [7, 11) is 3.97. The van der Waals surface area contributed by atoms with E-state index in [0.717, 1.165) is 28.8 Å². The van der Waals surface area contributed by atoms with Gasteiger partial charge in [-0.3, -0.25) is 9.69 Å². The van der Waals surface area contributed by atoms with Crippen LogP contribution in [0.25, 0.3) is 0 Å². The normalized spacial score (nSPS) is 16.8. The number of morpholine rings is 1. The molecule has 2 rings (SSSR count). The molecule has 1 aliphatic heterocycles. The van der Waals surface area contributed by atoms with Crippen LogP contribution in [0, 0.1) is 0 Å². The molecule has 1 aromatic rings. The van der Waals surface area contributed by atoms with Crippen LogP contribution in [0.5, 0.6) is 0 Å². The van der Waals surface area contributed by atoms with Crippen LogP contribution in [0.3, 0.4) is 0 Å². The molecule has 0 unspecified atom stereocenters. The van der Waals surface area contributed by atoms with Gasteiger partial charge in [0.15, 0.2) is 5.78 Å². The molecule has 0 spiro atoms. The molecule has 1 heterocycles. The lowest BCUT2D eigenvalue weighted by Crippen LogP contribution is -2.54. The largest absolute Gasteiger partial charge is 0.379 e. The van der Waals surface area contributed by atoms with Gasteiger partial charge in [-0.1, -0.05) is 0 Å². The van der Waals surface area contributed by atoms with Gasteiger partial charge in [0.05, 0.1) is 24.4 Å². The van der Waals surface area contributed by atoms with Crippen molar-refractivity contribution in [1.82, 2.24) is 4.90 Å². The van der Waals surface area contributed by atoms with Crippen LogP contribution in [0.2, 0.25) is 0 Å². The number of halogens is 1. The Kier molecular flexibility index (Phi) is 5.07. The number of hydrogen-bond donors (Lipinski definition) is 0. The minimum absolute atomic E-state index is 0.149. The summed E-state index contributed by atoms with van der Waals surface area (Å²) in [6.45, 7) is 6.98. The van der Waals surface area contributed by atoms with E-state index in [1.165, 1.54) is 0 Å². The summed E-state index contributed by atoms with van der Waals surface area (Å²) < 4.78 is 6.32. The molecule has 0 N–H and O–H groups in total. The Hall–Kier alpha value is -0.910. The van der Waals surface area contributed by atoms with Gasteiger partial charge in [0.1, 0.15) is 0 Å². The number of anilines is 1. The van der Waals surface area contributed by atoms with Crippen LogP contribution < -0.4 is 4.90 Å². The molecule has 5 heteroatoms. The molecular formula is C16H23BrN2O2. The molecule has 1 fully saturated rings. The lowest BCUT2D eigenvalue weighted by Gasteiger charge is -2.39. The molecule has 0 aromatic heterocycles. The minimum Gasteiger partial charge on any atom is -0.379 e. The van der Waals surface area contributed by atoms with Crippen LogP contribution in [0.15, 0.2) is 22.7 Å². The zero-order valence-corrected chi connectivity index (χ0v) is 14.7. The first-order valence-corrected chi connectivity index (χ1v) is 7.98. The van der Waals surface area contributed by atoms with E-state index in [2.05, 4.69) is 20.8 Å². The number of benzene rings is 1. The Morgan fingerprint density at radius 2 is 1.90 bits per heavy atom. The van der Waals surface area contributed by atoms with E-state index in [0.29, 0.717) is 13.2 Å². The fourth-order valence-electron chi connectivity index (χ4n) is 2.63. The molecule has 1 saturated heterocycles. The molecule has 0 radical (unpaired) electrons. The van der Waals surface area contributed by atoms with E-state index >= 15 is 0 Å². The van der Waals surface area contributed by atoms with E-state index in [9.17, 15) is 4.79 Å². The molecule has 0 atom stereocenters. The number of ether oxygens (including phenoxy) is 1. The second-order valence-corrected chi connectivity index (χ2v) is 6.90. The zero-order chi connectivity index (χ0) is 15.6. The Morgan fingerprint density at radius 1 is 1.29 bits per heavy atom. The Morgan fingerprint density at radius 3 is 2.43 bits per heavy atom. The topological polar surface area (TPSA) is 32.8 Å². The molecule has 0 saturated carbocycles. The average molecular weight is 355 g/mol. The average Bonchev–Trinajstić information content (AvgIpc) is 2.46. The van der Waals surface area contributed by atoms with E-state index in [4.69, 9.17) is 4.74 Å². The number of Topliss-reactive ketones (excluding diaryl/α,β-unsaturated/α-hetero) is 1. The summed E-state index contributed by atoms with van der Waals surface area (Å²) in [5, 5.41) is 0. The first-order valence-electron chi connectivity index (χ1n) is 7.18. The summed E-state index contributed by atoms with van der Waals surface area (Å²) in [4.78, 5) is 17.1. The number of rotatable bonds is 4. The lowest BCUT2D eigenvalue weighted by molar-refractivity contribution is -0.00430. The standard InChI is InChI=1S/C16H23BrN2O2/c1-16(2,19-7-9-21-10-8-19)15(20)12-5-6-14(18(3)4)13(17)11-12/h5-6,11H,7-10H2,1-4H3. The van der Waals surface area contributed by atoms with E-state index in [1.807, 2.05) is 51.0 Å². The van der Waals surface area contributed by atoms with Gasteiger partial charge in [0.2, 0.25) is 0 Å². The highest BCUT2D eigenvalue weighted by atomic mass is 79.9. The second kappa shape index (κ2) is 6.46. The SMILES string of the molecule is CN(C)c1ccc(C(=O)C(C)(C)N2CCOCC2)cc1Br. The third-order valence-corrected chi connectivity index (χ3v) is 4.68. The summed E-state index contributed by atoms with van der Waals surface area (Å²) >= 11 is 3.55. The Bertz CT molecular complexity index is 523. The van der Waals surface area contributed by atoms with E-state index in [1.54, 1.807) is 0 Å². The number of carbonyl (C=O) groups excluding carboxylic acids is 1. The van der Waals surface area contributed by atoms with Crippen molar-refractivity contribution in [2.24, 2.45) is 0 Å². The highest BCUT2D eigenvalue weighted by molar-refractivity contribution is 9.10. The molecule has 0 aliphatic carbocycles. The third kappa shape index (κ3) is 3.47. The van der Waals surface area contributed by atoms with Gasteiger partial charge >= 0.3 is 0 Å². The first-order chi connectivity index (χ1) is 9.84. The smallest absolute Gasteiger partial charge is 0.182 e. The molecule has 0 amide bonds. The molecule has 1 aromatic carbocycles. The molecule has 21 heavy (non-hydrogen) atoms. The predicted molar refractivity (Wildman–Crippen MR) is 89.3 cm³/mol. The molecule has 1 aliphatic rings. The molecular weight excluding hydrogens is 332 g/mol. The lowest BCUT2D eigenvalue weighted by atomic mass is 9.90. The van der Waals surface area contributed by atoms with Gasteiger partial charge in [0.25, 0.3) is 0 Å². The molecule has 0 bridgehead atoms. The summed E-state index contributed by atoms with van der Waals surface area (Å²) in [6.07, 6.45) is 0. The quantitative estimate of drug-likeness (QED) is 0.778. The van der Waals surface area contributed by atoms with Crippen molar-refractivity contribution in [3.05, 3.63) is 28.2 Å². The monoisotopic (exact) mass is 354 g/mol. The van der Waals surface area contributed by atoms with Gasteiger partial charge in [-0.2, -0.15) is 0 Å². The summed E-state index contributed by atoms with van der Waals surface area (Å²) in [5.74, 6) is 0.149. The summed E-state index contributed by atoms with van der Waals surface area (Å²) in [5.41, 5.74) is 1.29. The van der Waals surface area contributed by atoms with Gasteiger partial charge in [0, 0.05) is 37.2 Å². The van der Waals surface area contributed by atoms with Crippen molar-refractivity contribution in [3.63, 3.8) is 0 Å². The van der Waals surface area contributed by atoms with Crippen molar-refractivity contribution >= 4 is 27.4 Å². The fraction of sp³-hybridized carbons (Fsp3) is 0.562. The van der Waals surface area contributed by atoms with Crippen molar-refractivity contribution in [2.45, 2.75) is 19.4 Å². The van der Waals surface area contributed by atoms with Crippen molar-refractivity contribution in [2.75, 3.05) is 45.3 Å². The number of nitrogens with zero attached hydrogens (tertiary/aromatic N) is 2. The van der Waals surface area contributed by atoms with Crippen LogP contribution in [-0.4, -0.2) is 56.6 Å². The first kappa shape index (κ1) is 16.5. The van der Waals surface area contributed by atoms with Crippen LogP contribution in [0.1, 0.15) is 24.2 Å². The van der Waals surface area contributed by atoms with Crippen molar-refractivity contribution in [1.29, 1.82) is 0 Å². The van der Waals surface area contributed by atoms with Crippen LogP contribution in [-0.2, 0) is 4.74 Å². The predicted octanol–water partition coefficient (Wildman–Crippen LogP) is 2.81. The van der Waals surface area contributed by atoms with Gasteiger partial charge in [-0.05, 0) is 48.0 Å². The highest BCUT2D eigenvalue weighted by Gasteiger charge is 2.36. The van der Waals surface area contributed by atoms with Gasteiger partial charge < -0.3 is 9.64 Å². The summed E-state index contributed by atoms with van der Waals surface area (Å²) in [6, 6.07) is 5.80. The second-order valence-electron chi connectivity index (χ2n) is 6.05. The van der Waals surface area contributed by atoms with E-state index < -0.39 is 5.54 Å². The van der Waals surface area contributed by atoms with Crippen LogP contribution >= 0.6 is 15.9 Å². The maximum Gasteiger partial charge on any atom is 0.182 e. The zero-order valence-electron chi connectivity index (χ0n) is 13.1. The fourth-order valence-corrected chi connectivity index (χ4v) is 3.36.